The fourth-order valence-corrected chi connectivity index (χ4v) is 4.07. The van der Waals surface area contributed by atoms with Gasteiger partial charge in [0.05, 0.1) is 25.2 Å². The molecule has 0 aliphatic rings. The van der Waals surface area contributed by atoms with Crippen LogP contribution in [0.3, 0.4) is 0 Å². The Balaban J connectivity index is 2.34. The second-order valence-electron chi connectivity index (χ2n) is 7.05. The number of benzene rings is 3. The van der Waals surface area contributed by atoms with E-state index in [0.29, 0.717) is 6.42 Å². The molecule has 0 atom stereocenters. The Kier molecular flexibility index (Phi) is 6.07. The highest BCUT2D eigenvalue weighted by atomic mass is 16.3. The Morgan fingerprint density at radius 3 is 1.26 bits per heavy atom. The Morgan fingerprint density at radius 1 is 0.519 bits per heavy atom. The van der Waals surface area contributed by atoms with Crippen LogP contribution in [0.2, 0.25) is 0 Å². The van der Waals surface area contributed by atoms with Gasteiger partial charge in [-0.1, -0.05) is 91.0 Å². The van der Waals surface area contributed by atoms with Gasteiger partial charge < -0.3 is 15.3 Å². The molecule has 0 amide bonds. The summed E-state index contributed by atoms with van der Waals surface area (Å²) in [6.07, 6.45) is 0.545. The molecule has 3 aromatic carbocycles. The van der Waals surface area contributed by atoms with E-state index in [1.807, 2.05) is 91.0 Å². The Hall–Kier alpha value is -2.46. The molecule has 140 valence electrons. The van der Waals surface area contributed by atoms with Crippen LogP contribution in [0.4, 0.5) is 0 Å². The topological polar surface area (TPSA) is 60.7 Å². The highest BCUT2D eigenvalue weighted by Crippen LogP contribution is 2.49. The molecule has 3 aromatic rings. The second-order valence-corrected chi connectivity index (χ2v) is 7.05. The van der Waals surface area contributed by atoms with Gasteiger partial charge in [-0.25, -0.2) is 0 Å². The van der Waals surface area contributed by atoms with Crippen LogP contribution >= 0.6 is 0 Å². The van der Waals surface area contributed by atoms with E-state index in [0.717, 1.165) is 16.7 Å². The van der Waals surface area contributed by atoms with E-state index in [1.165, 1.54) is 0 Å². The molecule has 0 fully saturated rings. The van der Waals surface area contributed by atoms with Gasteiger partial charge in [0.2, 0.25) is 0 Å². The van der Waals surface area contributed by atoms with Crippen LogP contribution in [0.1, 0.15) is 16.7 Å². The van der Waals surface area contributed by atoms with Crippen LogP contribution in [-0.2, 0) is 11.8 Å². The first-order valence-electron chi connectivity index (χ1n) is 9.20. The van der Waals surface area contributed by atoms with Crippen LogP contribution < -0.4 is 0 Å². The molecule has 0 aliphatic carbocycles. The van der Waals surface area contributed by atoms with Crippen molar-refractivity contribution in [2.24, 2.45) is 5.41 Å². The first kappa shape index (κ1) is 19.3. The average molecular weight is 362 g/mol. The van der Waals surface area contributed by atoms with Gasteiger partial charge >= 0.3 is 0 Å². The summed E-state index contributed by atoms with van der Waals surface area (Å²) in [7, 11) is 0. The van der Waals surface area contributed by atoms with E-state index in [2.05, 4.69) is 0 Å². The van der Waals surface area contributed by atoms with E-state index in [4.69, 9.17) is 0 Å². The van der Waals surface area contributed by atoms with Crippen molar-refractivity contribution in [3.05, 3.63) is 108 Å². The molecule has 0 bridgehead atoms. The van der Waals surface area contributed by atoms with Gasteiger partial charge in [-0.2, -0.15) is 0 Å². The lowest BCUT2D eigenvalue weighted by Crippen LogP contribution is -2.55. The summed E-state index contributed by atoms with van der Waals surface area (Å²) in [5.74, 6) is 0. The van der Waals surface area contributed by atoms with Crippen molar-refractivity contribution in [3.63, 3.8) is 0 Å². The maximum absolute atomic E-state index is 10.4. The molecule has 0 radical (unpaired) electrons. The third-order valence-electron chi connectivity index (χ3n) is 5.66. The first-order valence-corrected chi connectivity index (χ1v) is 9.20. The van der Waals surface area contributed by atoms with Crippen LogP contribution in [0, 0.1) is 5.41 Å². The smallest absolute Gasteiger partial charge is 0.0543 e. The van der Waals surface area contributed by atoms with Crippen molar-refractivity contribution in [1.29, 1.82) is 0 Å². The van der Waals surface area contributed by atoms with Gasteiger partial charge in [-0.05, 0) is 23.1 Å². The average Bonchev–Trinajstić information content (AvgIpc) is 2.76. The molecule has 0 spiro atoms. The van der Waals surface area contributed by atoms with E-state index in [-0.39, 0.29) is 19.8 Å². The van der Waals surface area contributed by atoms with Gasteiger partial charge in [0.1, 0.15) is 0 Å². The maximum atomic E-state index is 10.4. The molecular formula is C24H26O3. The van der Waals surface area contributed by atoms with Gasteiger partial charge in [0, 0.05) is 5.41 Å². The summed E-state index contributed by atoms with van der Waals surface area (Å²) in [5.41, 5.74) is 1.06. The van der Waals surface area contributed by atoms with Crippen molar-refractivity contribution in [1.82, 2.24) is 0 Å². The monoisotopic (exact) mass is 362 g/mol. The zero-order valence-corrected chi connectivity index (χ0v) is 15.3. The largest absolute Gasteiger partial charge is 0.396 e. The normalized spacial score (nSPS) is 12.1. The van der Waals surface area contributed by atoms with E-state index in [9.17, 15) is 15.3 Å². The SMILES string of the molecule is OCC(CO)(CO)C(Cc1ccccc1)(c1ccccc1)c1ccccc1. The quantitative estimate of drug-likeness (QED) is 0.577. The van der Waals surface area contributed by atoms with Gasteiger partial charge in [0.25, 0.3) is 0 Å². The highest BCUT2D eigenvalue weighted by Gasteiger charge is 2.52. The Labute approximate surface area is 160 Å². The minimum absolute atomic E-state index is 0.337. The summed E-state index contributed by atoms with van der Waals surface area (Å²) in [4.78, 5) is 0. The Bertz CT molecular complexity index is 764. The number of aliphatic hydroxyl groups excluding tert-OH is 3. The number of hydrogen-bond acceptors (Lipinski definition) is 3. The summed E-state index contributed by atoms with van der Waals surface area (Å²) in [6.45, 7) is -1.01. The van der Waals surface area contributed by atoms with Gasteiger partial charge in [-0.15, -0.1) is 0 Å². The zero-order chi connectivity index (χ0) is 19.2. The van der Waals surface area contributed by atoms with Crippen molar-refractivity contribution < 1.29 is 15.3 Å². The van der Waals surface area contributed by atoms with Gasteiger partial charge in [-0.3, -0.25) is 0 Å². The van der Waals surface area contributed by atoms with Crippen molar-refractivity contribution >= 4 is 0 Å². The van der Waals surface area contributed by atoms with Crippen LogP contribution in [-0.4, -0.2) is 35.1 Å². The molecule has 0 heterocycles. The number of rotatable bonds is 8. The maximum Gasteiger partial charge on any atom is 0.0543 e. The third-order valence-corrected chi connectivity index (χ3v) is 5.66. The predicted molar refractivity (Wildman–Crippen MR) is 108 cm³/mol. The fourth-order valence-electron chi connectivity index (χ4n) is 4.07. The first-order chi connectivity index (χ1) is 13.2. The molecule has 0 unspecified atom stereocenters. The summed E-state index contributed by atoms with van der Waals surface area (Å²) < 4.78 is 0. The molecule has 3 nitrogen and oxygen atoms in total. The third kappa shape index (κ3) is 3.42. The lowest BCUT2D eigenvalue weighted by molar-refractivity contribution is -0.0429. The molecule has 0 aromatic heterocycles. The van der Waals surface area contributed by atoms with Crippen LogP contribution in [0.5, 0.6) is 0 Å². The van der Waals surface area contributed by atoms with Crippen LogP contribution in [0.15, 0.2) is 91.0 Å². The number of aliphatic hydroxyl groups is 3. The molecule has 3 heteroatoms. The molecule has 0 aliphatic heterocycles. The summed E-state index contributed by atoms with van der Waals surface area (Å²) in [5, 5.41) is 31.2. The molecule has 3 rings (SSSR count). The van der Waals surface area contributed by atoms with E-state index < -0.39 is 10.8 Å². The fraction of sp³-hybridized carbons (Fsp3) is 0.250. The minimum atomic E-state index is -1.13. The molecular weight excluding hydrogens is 336 g/mol. The Morgan fingerprint density at radius 2 is 0.889 bits per heavy atom. The van der Waals surface area contributed by atoms with E-state index in [1.54, 1.807) is 0 Å². The second kappa shape index (κ2) is 8.49. The standard InChI is InChI=1S/C24H26O3/c25-17-23(18-26,19-27)24(21-12-6-2-7-13-21,22-14-8-3-9-15-22)16-20-10-4-1-5-11-20/h1-15,25-27H,16-19H2. The predicted octanol–water partition coefficient (Wildman–Crippen LogP) is 3.18. The van der Waals surface area contributed by atoms with Gasteiger partial charge in [0.15, 0.2) is 0 Å². The molecule has 27 heavy (non-hydrogen) atoms. The molecule has 0 saturated heterocycles. The zero-order valence-electron chi connectivity index (χ0n) is 15.3. The summed E-state index contributed by atoms with van der Waals surface area (Å²) in [6, 6.07) is 29.7. The van der Waals surface area contributed by atoms with E-state index >= 15 is 0 Å². The summed E-state index contributed by atoms with van der Waals surface area (Å²) >= 11 is 0. The van der Waals surface area contributed by atoms with Crippen molar-refractivity contribution in [3.8, 4) is 0 Å². The molecule has 3 N–H and O–H groups in total. The lowest BCUT2D eigenvalue weighted by atomic mass is 9.55. The highest BCUT2D eigenvalue weighted by molar-refractivity contribution is 5.45. The lowest BCUT2D eigenvalue weighted by Gasteiger charge is -2.49. The molecule has 0 saturated carbocycles. The van der Waals surface area contributed by atoms with Crippen molar-refractivity contribution in [2.45, 2.75) is 11.8 Å². The van der Waals surface area contributed by atoms with Crippen molar-refractivity contribution in [2.75, 3.05) is 19.8 Å². The number of hydrogen-bond donors (Lipinski definition) is 3. The van der Waals surface area contributed by atoms with Crippen LogP contribution in [0.25, 0.3) is 0 Å². The minimum Gasteiger partial charge on any atom is -0.396 e.